The van der Waals surface area contributed by atoms with Gasteiger partial charge < -0.3 is 8.37 Å². The Balaban J connectivity index is 3.67. The summed E-state index contributed by atoms with van der Waals surface area (Å²) in [5.41, 5.74) is 0. The van der Waals surface area contributed by atoms with Crippen molar-refractivity contribution < 1.29 is 18.0 Å². The van der Waals surface area contributed by atoms with Crippen LogP contribution in [0.3, 0.4) is 0 Å². The lowest BCUT2D eigenvalue weighted by molar-refractivity contribution is -0.139. The molecule has 0 aromatic carbocycles. The monoisotopic (exact) mass is 220 g/mol. The van der Waals surface area contributed by atoms with Gasteiger partial charge in [-0.25, -0.2) is 0 Å². The molecule has 0 heterocycles. The molecule has 0 aliphatic heterocycles. The van der Waals surface area contributed by atoms with Gasteiger partial charge in [-0.3, -0.25) is 9.59 Å². The lowest BCUT2D eigenvalue weighted by Crippen LogP contribution is -2.13. The van der Waals surface area contributed by atoms with Crippen LogP contribution in [0.15, 0.2) is 0 Å². The van der Waals surface area contributed by atoms with Crippen LogP contribution < -0.4 is 0 Å². The Kier molecular flexibility index (Phi) is 7.28. The van der Waals surface area contributed by atoms with E-state index in [2.05, 4.69) is 4.18 Å². The van der Waals surface area contributed by atoms with Gasteiger partial charge >= 0.3 is 11.9 Å². The van der Waals surface area contributed by atoms with Gasteiger partial charge in [0.1, 0.15) is 0 Å². The molecular weight excluding hydrogens is 204 g/mol. The summed E-state index contributed by atoms with van der Waals surface area (Å²) in [5.74, 6) is -0.834. The van der Waals surface area contributed by atoms with Gasteiger partial charge in [0.2, 0.25) is 0 Å². The molecule has 0 spiro atoms. The van der Waals surface area contributed by atoms with Crippen molar-refractivity contribution in [1.82, 2.24) is 0 Å². The summed E-state index contributed by atoms with van der Waals surface area (Å²) in [6.07, 6.45) is 1.74. The second kappa shape index (κ2) is 7.67. The van der Waals surface area contributed by atoms with E-state index in [0.29, 0.717) is 12.3 Å². The average Bonchev–Trinajstić information content (AvgIpc) is 2.19. The SMILES string of the molecule is CCC(=O)OSOC(=O)C(CC)CC. The van der Waals surface area contributed by atoms with Crippen molar-refractivity contribution in [3.8, 4) is 0 Å². The second-order valence-electron chi connectivity index (χ2n) is 2.79. The fourth-order valence-corrected chi connectivity index (χ4v) is 1.27. The van der Waals surface area contributed by atoms with E-state index >= 15 is 0 Å². The first-order valence-electron chi connectivity index (χ1n) is 4.73. The highest BCUT2D eigenvalue weighted by Gasteiger charge is 2.17. The number of hydrogen-bond acceptors (Lipinski definition) is 5. The van der Waals surface area contributed by atoms with Gasteiger partial charge in [-0.05, 0) is 12.8 Å². The van der Waals surface area contributed by atoms with Crippen molar-refractivity contribution in [3.05, 3.63) is 0 Å². The van der Waals surface area contributed by atoms with Gasteiger partial charge in [-0.15, -0.1) is 0 Å². The summed E-state index contributed by atoms with van der Waals surface area (Å²) in [4.78, 5) is 21.9. The molecule has 0 rings (SSSR count). The summed E-state index contributed by atoms with van der Waals surface area (Å²) < 4.78 is 9.23. The third kappa shape index (κ3) is 5.11. The van der Waals surface area contributed by atoms with Crippen LogP contribution >= 0.6 is 12.3 Å². The molecule has 0 unspecified atom stereocenters. The first-order valence-corrected chi connectivity index (χ1v) is 5.40. The highest BCUT2D eigenvalue weighted by molar-refractivity contribution is 7.90. The summed E-state index contributed by atoms with van der Waals surface area (Å²) in [6, 6.07) is 0. The minimum Gasteiger partial charge on any atom is -0.355 e. The molecule has 0 aliphatic carbocycles. The molecule has 0 aliphatic rings. The highest BCUT2D eigenvalue weighted by atomic mass is 32.2. The van der Waals surface area contributed by atoms with Crippen molar-refractivity contribution >= 4 is 24.3 Å². The summed E-state index contributed by atoms with van der Waals surface area (Å²) in [6.45, 7) is 5.50. The van der Waals surface area contributed by atoms with Gasteiger partial charge in [0.25, 0.3) is 12.3 Å². The topological polar surface area (TPSA) is 52.6 Å². The van der Waals surface area contributed by atoms with E-state index in [1.807, 2.05) is 13.8 Å². The standard InChI is InChI=1S/C9H16O4S/c1-4-7(5-2)9(11)13-14-12-8(10)6-3/h7H,4-6H2,1-3H3. The number of hydrogen-bond donors (Lipinski definition) is 0. The molecule has 0 radical (unpaired) electrons. The van der Waals surface area contributed by atoms with E-state index in [9.17, 15) is 9.59 Å². The van der Waals surface area contributed by atoms with E-state index in [1.165, 1.54) is 0 Å². The normalized spacial score (nSPS) is 10.0. The minimum atomic E-state index is -0.396. The number of carbonyl (C=O) groups excluding carboxylic acids is 2. The molecule has 0 aromatic heterocycles. The van der Waals surface area contributed by atoms with E-state index in [4.69, 9.17) is 4.18 Å². The van der Waals surface area contributed by atoms with Crippen LogP contribution in [0.1, 0.15) is 40.0 Å². The molecule has 0 bridgehead atoms. The van der Waals surface area contributed by atoms with E-state index < -0.39 is 5.97 Å². The van der Waals surface area contributed by atoms with Gasteiger partial charge in [-0.2, -0.15) is 0 Å². The third-order valence-corrected chi connectivity index (χ3v) is 2.34. The van der Waals surface area contributed by atoms with Crippen LogP contribution in [0.5, 0.6) is 0 Å². The molecule has 82 valence electrons. The fourth-order valence-electron chi connectivity index (χ4n) is 0.837. The molecule has 0 amide bonds. The molecule has 14 heavy (non-hydrogen) atoms. The predicted octanol–water partition coefficient (Wildman–Crippen LogP) is 2.48. The fraction of sp³-hybridized carbons (Fsp3) is 0.778. The average molecular weight is 220 g/mol. The summed E-state index contributed by atoms with van der Waals surface area (Å²) in [7, 11) is 0. The van der Waals surface area contributed by atoms with E-state index in [1.54, 1.807) is 6.92 Å². The Bertz CT molecular complexity index is 189. The van der Waals surface area contributed by atoms with Crippen LogP contribution in [-0.4, -0.2) is 11.9 Å². The molecular formula is C9H16O4S. The molecule has 4 nitrogen and oxygen atoms in total. The van der Waals surface area contributed by atoms with Crippen molar-refractivity contribution in [2.75, 3.05) is 0 Å². The van der Waals surface area contributed by atoms with Crippen LogP contribution in [0.4, 0.5) is 0 Å². The van der Waals surface area contributed by atoms with Gasteiger partial charge in [-0.1, -0.05) is 20.8 Å². The molecule has 0 fully saturated rings. The quantitative estimate of drug-likeness (QED) is 0.644. The maximum atomic E-state index is 11.2. The number of carbonyl (C=O) groups is 2. The zero-order chi connectivity index (χ0) is 11.0. The second-order valence-corrected chi connectivity index (χ2v) is 3.26. The Labute approximate surface area is 88.8 Å². The molecule has 0 N–H and O–H groups in total. The lowest BCUT2D eigenvalue weighted by atomic mass is 10.0. The van der Waals surface area contributed by atoms with Crippen LogP contribution in [0.25, 0.3) is 0 Å². The Morgan fingerprint density at radius 3 is 2.14 bits per heavy atom. The zero-order valence-electron chi connectivity index (χ0n) is 8.74. The van der Waals surface area contributed by atoms with Crippen LogP contribution in [0, 0.1) is 5.92 Å². The lowest BCUT2D eigenvalue weighted by Gasteiger charge is -2.08. The van der Waals surface area contributed by atoms with Crippen molar-refractivity contribution in [2.24, 2.45) is 5.92 Å². The molecule has 5 heteroatoms. The number of rotatable bonds is 6. The highest BCUT2D eigenvalue weighted by Crippen LogP contribution is 2.15. The Morgan fingerprint density at radius 1 is 1.14 bits per heavy atom. The van der Waals surface area contributed by atoms with Crippen molar-refractivity contribution in [2.45, 2.75) is 40.0 Å². The third-order valence-electron chi connectivity index (χ3n) is 1.85. The molecule has 0 saturated carbocycles. The largest absolute Gasteiger partial charge is 0.355 e. The smallest absolute Gasteiger partial charge is 0.323 e. The molecule has 0 atom stereocenters. The van der Waals surface area contributed by atoms with E-state index in [-0.39, 0.29) is 18.3 Å². The minimum absolute atomic E-state index is 0.108. The summed E-state index contributed by atoms with van der Waals surface area (Å²) >= 11 is 0.454. The zero-order valence-corrected chi connectivity index (χ0v) is 9.56. The van der Waals surface area contributed by atoms with Gasteiger partial charge in [0.05, 0.1) is 5.92 Å². The maximum Gasteiger partial charge on any atom is 0.323 e. The van der Waals surface area contributed by atoms with Gasteiger partial charge in [0, 0.05) is 6.42 Å². The van der Waals surface area contributed by atoms with Gasteiger partial charge in [0.15, 0.2) is 0 Å². The van der Waals surface area contributed by atoms with Crippen LogP contribution in [0.2, 0.25) is 0 Å². The van der Waals surface area contributed by atoms with E-state index in [0.717, 1.165) is 12.8 Å². The maximum absolute atomic E-state index is 11.2. The van der Waals surface area contributed by atoms with Crippen molar-refractivity contribution in [1.29, 1.82) is 0 Å². The van der Waals surface area contributed by atoms with Crippen LogP contribution in [-0.2, 0) is 18.0 Å². The first kappa shape index (κ1) is 13.3. The Hall–Kier alpha value is -0.710. The Morgan fingerprint density at radius 2 is 1.71 bits per heavy atom. The first-order chi connectivity index (χ1) is 6.65. The molecule has 0 aromatic rings. The van der Waals surface area contributed by atoms with Crippen molar-refractivity contribution in [3.63, 3.8) is 0 Å². The molecule has 0 saturated heterocycles. The summed E-state index contributed by atoms with van der Waals surface area (Å²) in [5, 5.41) is 0. The predicted molar refractivity (Wildman–Crippen MR) is 54.1 cm³/mol.